The number of benzene rings is 8. The first-order valence-electron chi connectivity index (χ1n) is 16.8. The molecule has 8 aromatic carbocycles. The topological polar surface area (TPSA) is 31.1 Å². The fraction of sp³-hybridized carbons (Fsp3) is 0.0222. The number of hydrogen-bond acceptors (Lipinski definition) is 2. The van der Waals surface area contributed by atoms with E-state index in [1.807, 2.05) is 6.07 Å². The van der Waals surface area contributed by atoms with Crippen molar-refractivity contribution in [2.45, 2.75) is 6.23 Å². The zero-order valence-corrected chi connectivity index (χ0v) is 26.5. The molecule has 0 fully saturated rings. The molecule has 49 heavy (non-hydrogen) atoms. The molecule has 0 bridgehead atoms. The number of nitrogens with zero attached hydrogens (tertiary/aromatic N) is 2. The maximum absolute atomic E-state index is 6.63. The summed E-state index contributed by atoms with van der Waals surface area (Å²) < 4.78 is 11.5. The normalized spacial score (nSPS) is 14.2. The van der Waals surface area contributed by atoms with Crippen LogP contribution in [0.3, 0.4) is 0 Å². The van der Waals surface area contributed by atoms with Crippen LogP contribution in [0.2, 0.25) is 0 Å². The Labute approximate surface area is 282 Å². The number of para-hydroxylation sites is 3. The van der Waals surface area contributed by atoms with Gasteiger partial charge in [-0.05, 0) is 70.8 Å². The minimum absolute atomic E-state index is 0.211. The molecule has 10 aromatic rings. The monoisotopic (exact) mass is 627 g/mol. The van der Waals surface area contributed by atoms with Crippen molar-refractivity contribution in [3.63, 3.8) is 0 Å². The molecule has 0 aliphatic carbocycles. The smallest absolute Gasteiger partial charge is 0.196 e. The van der Waals surface area contributed by atoms with Crippen LogP contribution in [0.25, 0.3) is 76.5 Å². The second-order valence-electron chi connectivity index (χ2n) is 13.0. The van der Waals surface area contributed by atoms with Gasteiger partial charge in [-0.15, -0.1) is 0 Å². The van der Waals surface area contributed by atoms with Crippen LogP contribution >= 0.6 is 0 Å². The molecule has 1 unspecified atom stereocenters. The molecule has 4 nitrogen and oxygen atoms in total. The van der Waals surface area contributed by atoms with E-state index in [4.69, 9.17) is 4.74 Å². The molecule has 4 heteroatoms. The number of anilines is 1. The van der Waals surface area contributed by atoms with E-state index in [-0.39, 0.29) is 6.23 Å². The largest absolute Gasteiger partial charge is 0.464 e. The fourth-order valence-corrected chi connectivity index (χ4v) is 8.12. The van der Waals surface area contributed by atoms with Crippen molar-refractivity contribution >= 4 is 70.8 Å². The molecular formula is C45H29N3O. The highest BCUT2D eigenvalue weighted by Crippen LogP contribution is 2.46. The van der Waals surface area contributed by atoms with E-state index < -0.39 is 0 Å². The van der Waals surface area contributed by atoms with E-state index in [0.717, 1.165) is 33.8 Å². The Morgan fingerprint density at radius 1 is 0.429 bits per heavy atom. The summed E-state index contributed by atoms with van der Waals surface area (Å²) >= 11 is 0. The van der Waals surface area contributed by atoms with Crippen LogP contribution in [0.4, 0.5) is 5.69 Å². The van der Waals surface area contributed by atoms with Crippen LogP contribution < -0.4 is 10.1 Å². The van der Waals surface area contributed by atoms with Gasteiger partial charge in [0.1, 0.15) is 0 Å². The summed E-state index contributed by atoms with van der Waals surface area (Å²) in [6.07, 6.45) is -0.211. The summed E-state index contributed by atoms with van der Waals surface area (Å²) in [5, 5.41) is 13.3. The number of rotatable bonds is 3. The number of ether oxygens (including phenoxy) is 1. The maximum Gasteiger partial charge on any atom is 0.196 e. The lowest BCUT2D eigenvalue weighted by Gasteiger charge is -2.13. The first-order chi connectivity index (χ1) is 24.3. The lowest BCUT2D eigenvalue weighted by molar-refractivity contribution is 0.263. The molecular weight excluding hydrogens is 599 g/mol. The highest BCUT2D eigenvalue weighted by atomic mass is 16.5. The van der Waals surface area contributed by atoms with Crippen LogP contribution in [-0.4, -0.2) is 9.13 Å². The van der Waals surface area contributed by atoms with Crippen molar-refractivity contribution in [2.24, 2.45) is 0 Å². The van der Waals surface area contributed by atoms with Gasteiger partial charge in [-0.3, -0.25) is 0 Å². The van der Waals surface area contributed by atoms with Gasteiger partial charge in [-0.1, -0.05) is 109 Å². The van der Waals surface area contributed by atoms with Crippen LogP contribution in [0, 0.1) is 0 Å². The Balaban J connectivity index is 1.15. The molecule has 1 aliphatic heterocycles. The molecule has 2 aromatic heterocycles. The Hall–Kier alpha value is -6.52. The van der Waals surface area contributed by atoms with Gasteiger partial charge < -0.3 is 19.2 Å². The van der Waals surface area contributed by atoms with E-state index in [1.165, 1.54) is 59.8 Å². The molecule has 230 valence electrons. The first-order valence-corrected chi connectivity index (χ1v) is 16.8. The van der Waals surface area contributed by atoms with E-state index in [2.05, 4.69) is 172 Å². The van der Waals surface area contributed by atoms with Gasteiger partial charge in [0, 0.05) is 43.9 Å². The van der Waals surface area contributed by atoms with Gasteiger partial charge in [-0.25, -0.2) is 0 Å². The van der Waals surface area contributed by atoms with Crippen LogP contribution in [0.15, 0.2) is 164 Å². The van der Waals surface area contributed by atoms with Crippen LogP contribution in [0.5, 0.6) is 5.75 Å². The van der Waals surface area contributed by atoms with Crippen molar-refractivity contribution in [3.8, 4) is 17.1 Å². The van der Waals surface area contributed by atoms with Crippen LogP contribution in [-0.2, 0) is 0 Å². The fourth-order valence-electron chi connectivity index (χ4n) is 8.12. The minimum Gasteiger partial charge on any atom is -0.464 e. The second-order valence-corrected chi connectivity index (χ2v) is 13.0. The van der Waals surface area contributed by atoms with Gasteiger partial charge in [-0.2, -0.15) is 0 Å². The zero-order chi connectivity index (χ0) is 32.1. The van der Waals surface area contributed by atoms with Gasteiger partial charge in [0.15, 0.2) is 12.0 Å². The van der Waals surface area contributed by atoms with Crippen molar-refractivity contribution in [2.75, 3.05) is 5.32 Å². The van der Waals surface area contributed by atoms with Gasteiger partial charge in [0.05, 0.1) is 27.8 Å². The zero-order valence-electron chi connectivity index (χ0n) is 26.5. The number of aromatic nitrogens is 2. The van der Waals surface area contributed by atoms with Crippen molar-refractivity contribution in [3.05, 3.63) is 169 Å². The van der Waals surface area contributed by atoms with E-state index >= 15 is 0 Å². The molecule has 0 radical (unpaired) electrons. The van der Waals surface area contributed by atoms with Gasteiger partial charge in [0.25, 0.3) is 0 Å². The maximum atomic E-state index is 6.63. The molecule has 1 atom stereocenters. The first kappa shape index (κ1) is 26.5. The molecule has 0 amide bonds. The average Bonchev–Trinajstić information content (AvgIpc) is 3.84. The summed E-state index contributed by atoms with van der Waals surface area (Å²) in [5.41, 5.74) is 9.22. The van der Waals surface area contributed by atoms with Gasteiger partial charge >= 0.3 is 0 Å². The third-order valence-corrected chi connectivity index (χ3v) is 10.3. The quantitative estimate of drug-likeness (QED) is 0.198. The second kappa shape index (κ2) is 9.99. The summed E-state index contributed by atoms with van der Waals surface area (Å²) in [5.74, 6) is 0.915. The molecule has 1 N–H and O–H groups in total. The lowest BCUT2D eigenvalue weighted by atomic mass is 10.00. The predicted molar refractivity (Wildman–Crippen MR) is 204 cm³/mol. The molecule has 0 spiro atoms. The Bertz CT molecular complexity index is 2940. The van der Waals surface area contributed by atoms with E-state index in [0.29, 0.717) is 0 Å². The van der Waals surface area contributed by atoms with Gasteiger partial charge in [0.2, 0.25) is 0 Å². The SMILES string of the molecule is c1ccc(C2Nc3ccc4ccc5cc(-n6c7ccccc7c7cc8c9ccccc9n(-c9ccccc9)c8cc76)ccc5c4c3O2)cc1. The summed E-state index contributed by atoms with van der Waals surface area (Å²) in [4.78, 5) is 0. The highest BCUT2D eigenvalue weighted by molar-refractivity contribution is 6.19. The number of hydrogen-bond donors (Lipinski definition) is 1. The summed E-state index contributed by atoms with van der Waals surface area (Å²) in [6, 6.07) is 59.0. The lowest BCUT2D eigenvalue weighted by Crippen LogP contribution is -2.09. The Morgan fingerprint density at radius 2 is 1.04 bits per heavy atom. The Morgan fingerprint density at radius 3 is 1.78 bits per heavy atom. The average molecular weight is 628 g/mol. The minimum atomic E-state index is -0.211. The van der Waals surface area contributed by atoms with Crippen molar-refractivity contribution in [1.82, 2.24) is 9.13 Å². The molecule has 11 rings (SSSR count). The van der Waals surface area contributed by atoms with E-state index in [9.17, 15) is 0 Å². The standard InChI is InChI=1S/C45H29N3O/c1-3-11-29(12-4-1)45-46-38-24-21-28-19-20-30-25-32(22-23-33(30)43(28)44(38)49-45)48-40-18-10-8-16-35(40)37-26-36-34-15-7-9-17-39(34)47(41(36)27-42(37)48)31-13-5-2-6-14-31/h1-27,45-46H. The molecule has 0 saturated carbocycles. The summed E-state index contributed by atoms with van der Waals surface area (Å²) in [6.45, 7) is 0. The number of fused-ring (bicyclic) bond motifs is 11. The van der Waals surface area contributed by atoms with Crippen LogP contribution in [0.1, 0.15) is 11.8 Å². The molecule has 0 saturated heterocycles. The molecule has 1 aliphatic rings. The molecule has 3 heterocycles. The highest BCUT2D eigenvalue weighted by Gasteiger charge is 2.26. The van der Waals surface area contributed by atoms with Crippen molar-refractivity contribution in [1.29, 1.82) is 0 Å². The summed E-state index contributed by atoms with van der Waals surface area (Å²) in [7, 11) is 0. The third-order valence-electron chi connectivity index (χ3n) is 10.3. The third kappa shape index (κ3) is 3.80. The Kier molecular flexibility index (Phi) is 5.41. The predicted octanol–water partition coefficient (Wildman–Crippen LogP) is 11.7. The number of nitrogens with one attached hydrogen (secondary N) is 1. The van der Waals surface area contributed by atoms with E-state index in [1.54, 1.807) is 0 Å². The van der Waals surface area contributed by atoms with Crippen molar-refractivity contribution < 1.29 is 4.74 Å².